The number of hydrogen-bond acceptors (Lipinski definition) is 4. The first-order chi connectivity index (χ1) is 12.6. The Morgan fingerprint density at radius 2 is 1.85 bits per heavy atom. The molecular formula is C21H23FN2O2. The van der Waals surface area contributed by atoms with Crippen LogP contribution in [0.1, 0.15) is 34.5 Å². The van der Waals surface area contributed by atoms with Gasteiger partial charge in [0.15, 0.2) is 5.78 Å². The quantitative estimate of drug-likeness (QED) is 0.623. The van der Waals surface area contributed by atoms with E-state index in [-0.39, 0.29) is 23.8 Å². The number of nitrogens with zero attached hydrogens (tertiary/aromatic N) is 2. The van der Waals surface area contributed by atoms with Crippen molar-refractivity contribution in [3.8, 4) is 0 Å². The average molecular weight is 354 g/mol. The summed E-state index contributed by atoms with van der Waals surface area (Å²) >= 11 is 0. The third-order valence-electron chi connectivity index (χ3n) is 5.57. The fraction of sp³-hybridized carbons (Fsp3) is 0.429. The van der Waals surface area contributed by atoms with Crippen LogP contribution in [0.5, 0.6) is 0 Å². The number of fused-ring (bicyclic) bond motifs is 2. The van der Waals surface area contributed by atoms with Gasteiger partial charge in [-0.15, -0.1) is 0 Å². The highest BCUT2D eigenvalue weighted by molar-refractivity contribution is 5.98. The van der Waals surface area contributed by atoms with Crippen molar-refractivity contribution in [2.45, 2.75) is 38.4 Å². The molecule has 2 aromatic rings. The molecule has 2 bridgehead atoms. The molecule has 26 heavy (non-hydrogen) atoms. The lowest BCUT2D eigenvalue weighted by atomic mass is 9.80. The number of aryl methyl sites for hydroxylation is 1. The second-order valence-electron chi connectivity index (χ2n) is 7.30. The second-order valence-corrected chi connectivity index (χ2v) is 7.30. The molecule has 0 N–H and O–H groups in total. The van der Waals surface area contributed by atoms with Crippen molar-refractivity contribution in [1.82, 2.24) is 9.88 Å². The number of piperidine rings is 1. The lowest BCUT2D eigenvalue weighted by Crippen LogP contribution is -2.57. The van der Waals surface area contributed by atoms with Gasteiger partial charge >= 0.3 is 0 Å². The molecule has 2 saturated heterocycles. The number of carbonyl (C=O) groups is 1. The smallest absolute Gasteiger partial charge is 0.213 e. The molecule has 0 saturated carbocycles. The first-order valence-electron chi connectivity index (χ1n) is 9.16. The molecular weight excluding hydrogens is 331 g/mol. The topological polar surface area (TPSA) is 42.4 Å². The standard InChI is InChI=1S/C21H23FN2O2/c1-14-19(7-8-20(22)23-14)21(25)16-9-17-12-26-13-18(10-16)24(17)11-15-5-3-2-4-6-15/h2-8,16-18H,9-13H2,1H3. The minimum Gasteiger partial charge on any atom is -0.378 e. The molecule has 4 rings (SSSR count). The first kappa shape index (κ1) is 17.3. The molecule has 5 heteroatoms. The summed E-state index contributed by atoms with van der Waals surface area (Å²) < 4.78 is 19.0. The molecule has 0 radical (unpaired) electrons. The first-order valence-corrected chi connectivity index (χ1v) is 9.16. The van der Waals surface area contributed by atoms with Gasteiger partial charge in [-0.05, 0) is 37.5 Å². The zero-order chi connectivity index (χ0) is 18.1. The Balaban J connectivity index is 1.51. The molecule has 4 nitrogen and oxygen atoms in total. The summed E-state index contributed by atoms with van der Waals surface area (Å²) in [6.07, 6.45) is 1.55. The van der Waals surface area contributed by atoms with Crippen molar-refractivity contribution in [1.29, 1.82) is 0 Å². The molecule has 0 spiro atoms. The predicted molar refractivity (Wildman–Crippen MR) is 96.4 cm³/mol. The Morgan fingerprint density at radius 3 is 2.50 bits per heavy atom. The Kier molecular flexibility index (Phi) is 4.83. The van der Waals surface area contributed by atoms with E-state index in [9.17, 15) is 9.18 Å². The average Bonchev–Trinajstić information content (AvgIpc) is 2.62. The Morgan fingerprint density at radius 1 is 1.15 bits per heavy atom. The minimum atomic E-state index is -0.540. The Bertz CT molecular complexity index is 782. The highest BCUT2D eigenvalue weighted by Crippen LogP contribution is 2.34. The molecule has 136 valence electrons. The van der Waals surface area contributed by atoms with Crippen LogP contribution in [0.25, 0.3) is 0 Å². The van der Waals surface area contributed by atoms with Gasteiger partial charge in [0.25, 0.3) is 0 Å². The Labute approximate surface area is 153 Å². The summed E-state index contributed by atoms with van der Waals surface area (Å²) in [5.41, 5.74) is 2.31. The van der Waals surface area contributed by atoms with Gasteiger partial charge in [0.05, 0.1) is 18.9 Å². The number of ketones is 1. The van der Waals surface area contributed by atoms with Crippen LogP contribution < -0.4 is 0 Å². The van der Waals surface area contributed by atoms with Gasteiger partial charge < -0.3 is 4.74 Å². The minimum absolute atomic E-state index is 0.0492. The molecule has 2 atom stereocenters. The maximum Gasteiger partial charge on any atom is 0.213 e. The van der Waals surface area contributed by atoms with E-state index < -0.39 is 5.95 Å². The number of aromatic nitrogens is 1. The number of benzene rings is 1. The van der Waals surface area contributed by atoms with Crippen LogP contribution in [0.15, 0.2) is 42.5 Å². The molecule has 2 fully saturated rings. The third kappa shape index (κ3) is 3.41. The summed E-state index contributed by atoms with van der Waals surface area (Å²) in [6, 6.07) is 13.7. The molecule has 2 unspecified atom stereocenters. The molecule has 3 heterocycles. The van der Waals surface area contributed by atoms with E-state index in [1.54, 1.807) is 13.0 Å². The normalized spacial score (nSPS) is 25.8. The van der Waals surface area contributed by atoms with Gasteiger partial charge in [-0.2, -0.15) is 4.39 Å². The summed E-state index contributed by atoms with van der Waals surface area (Å²) in [7, 11) is 0. The van der Waals surface area contributed by atoms with Crippen molar-refractivity contribution in [3.63, 3.8) is 0 Å². The van der Waals surface area contributed by atoms with E-state index in [4.69, 9.17) is 4.74 Å². The van der Waals surface area contributed by atoms with Gasteiger partial charge in [-0.25, -0.2) is 4.98 Å². The van der Waals surface area contributed by atoms with E-state index in [2.05, 4.69) is 34.1 Å². The van der Waals surface area contributed by atoms with Crippen LogP contribution in [0.3, 0.4) is 0 Å². The summed E-state index contributed by atoms with van der Waals surface area (Å²) in [5, 5.41) is 0. The van der Waals surface area contributed by atoms with Gasteiger partial charge in [0.2, 0.25) is 5.95 Å². The van der Waals surface area contributed by atoms with Crippen LogP contribution in [-0.2, 0) is 11.3 Å². The van der Waals surface area contributed by atoms with Crippen LogP contribution in [-0.4, -0.2) is 41.0 Å². The Hall–Kier alpha value is -2.11. The maximum atomic E-state index is 13.3. The van der Waals surface area contributed by atoms with E-state index in [0.717, 1.165) is 19.4 Å². The second kappa shape index (κ2) is 7.25. The lowest BCUT2D eigenvalue weighted by Gasteiger charge is -2.48. The van der Waals surface area contributed by atoms with Crippen molar-refractivity contribution in [3.05, 3.63) is 65.2 Å². The number of hydrogen-bond donors (Lipinski definition) is 0. The monoisotopic (exact) mass is 354 g/mol. The van der Waals surface area contributed by atoms with E-state index in [1.165, 1.54) is 11.6 Å². The lowest BCUT2D eigenvalue weighted by molar-refractivity contribution is -0.0872. The van der Waals surface area contributed by atoms with Crippen LogP contribution >= 0.6 is 0 Å². The molecule has 2 aliphatic heterocycles. The fourth-order valence-electron chi connectivity index (χ4n) is 4.27. The number of carbonyl (C=O) groups excluding carboxylic acids is 1. The largest absolute Gasteiger partial charge is 0.378 e. The number of halogens is 1. The van der Waals surface area contributed by atoms with Crippen molar-refractivity contribution in [2.24, 2.45) is 5.92 Å². The number of ether oxygens (including phenoxy) is 1. The predicted octanol–water partition coefficient (Wildman–Crippen LogP) is 3.39. The van der Waals surface area contributed by atoms with Crippen LogP contribution in [0.2, 0.25) is 0 Å². The fourth-order valence-corrected chi connectivity index (χ4v) is 4.27. The zero-order valence-electron chi connectivity index (χ0n) is 14.9. The molecule has 2 aliphatic rings. The van der Waals surface area contributed by atoms with E-state index >= 15 is 0 Å². The zero-order valence-corrected chi connectivity index (χ0v) is 14.9. The van der Waals surface area contributed by atoms with Crippen molar-refractivity contribution >= 4 is 5.78 Å². The number of Topliss-reactive ketones (excluding diaryl/α,β-unsaturated/α-hetero) is 1. The third-order valence-corrected chi connectivity index (χ3v) is 5.57. The number of pyridine rings is 1. The van der Waals surface area contributed by atoms with Gasteiger partial charge in [0.1, 0.15) is 0 Å². The molecule has 0 aliphatic carbocycles. The van der Waals surface area contributed by atoms with Gasteiger partial charge in [-0.3, -0.25) is 9.69 Å². The number of morpholine rings is 1. The molecule has 1 aromatic carbocycles. The molecule has 0 amide bonds. The van der Waals surface area contributed by atoms with Crippen LogP contribution in [0, 0.1) is 18.8 Å². The summed E-state index contributed by atoms with van der Waals surface area (Å²) in [5.74, 6) is -0.500. The van der Waals surface area contributed by atoms with Gasteiger partial charge in [-0.1, -0.05) is 30.3 Å². The summed E-state index contributed by atoms with van der Waals surface area (Å²) in [4.78, 5) is 19.3. The maximum absolute atomic E-state index is 13.3. The van der Waals surface area contributed by atoms with Crippen molar-refractivity contribution in [2.75, 3.05) is 13.2 Å². The highest BCUT2D eigenvalue weighted by Gasteiger charge is 2.41. The van der Waals surface area contributed by atoms with Crippen LogP contribution in [0.4, 0.5) is 4.39 Å². The summed E-state index contributed by atoms with van der Waals surface area (Å²) in [6.45, 7) is 3.91. The SMILES string of the molecule is Cc1nc(F)ccc1C(=O)C1CC2COCC(C1)N2Cc1ccccc1. The van der Waals surface area contributed by atoms with E-state index in [0.29, 0.717) is 24.5 Å². The van der Waals surface area contributed by atoms with E-state index in [1.807, 2.05) is 6.07 Å². The highest BCUT2D eigenvalue weighted by atomic mass is 19.1. The van der Waals surface area contributed by atoms with Crippen molar-refractivity contribution < 1.29 is 13.9 Å². The van der Waals surface area contributed by atoms with Gasteiger partial charge in [0, 0.05) is 30.1 Å². The number of rotatable bonds is 4. The molecule has 1 aromatic heterocycles.